The molecule has 6 nitrogen and oxygen atoms in total. The SMILES string of the molecule is COc1c(Br)cc(Br)cc1C(=O)Nc1ccc(NC(=O)c2cc3ccccc3o2)c(C)c1. The summed E-state index contributed by atoms with van der Waals surface area (Å²) >= 11 is 6.79. The number of aryl methyl sites for hydroxylation is 1. The standard InChI is InChI=1S/C24H18Br2N2O4/c1-13-9-16(27-23(29)17-11-15(25)12-18(26)22(17)31-2)7-8-19(13)28-24(30)21-10-14-5-3-4-6-20(14)32-21/h3-12H,1-2H3,(H,27,29)(H,28,30). The van der Waals surface area contributed by atoms with Gasteiger partial charge >= 0.3 is 0 Å². The molecule has 2 N–H and O–H groups in total. The van der Waals surface area contributed by atoms with Gasteiger partial charge in [-0.15, -0.1) is 0 Å². The van der Waals surface area contributed by atoms with E-state index in [-0.39, 0.29) is 17.6 Å². The van der Waals surface area contributed by atoms with Gasteiger partial charge in [-0.05, 0) is 70.9 Å². The first-order chi connectivity index (χ1) is 15.4. The van der Waals surface area contributed by atoms with Crippen molar-refractivity contribution in [3.8, 4) is 5.75 Å². The summed E-state index contributed by atoms with van der Waals surface area (Å²) in [4.78, 5) is 25.4. The maximum Gasteiger partial charge on any atom is 0.291 e. The average Bonchev–Trinajstić information content (AvgIpc) is 3.19. The number of carbonyl (C=O) groups is 2. The Balaban J connectivity index is 1.51. The first-order valence-electron chi connectivity index (χ1n) is 9.60. The summed E-state index contributed by atoms with van der Waals surface area (Å²) in [5.74, 6) is 0.0135. The number of para-hydroxylation sites is 1. The van der Waals surface area contributed by atoms with Gasteiger partial charge in [-0.3, -0.25) is 9.59 Å². The lowest BCUT2D eigenvalue weighted by atomic mass is 10.1. The minimum Gasteiger partial charge on any atom is -0.495 e. The topological polar surface area (TPSA) is 80.6 Å². The van der Waals surface area contributed by atoms with Gasteiger partial charge in [0.15, 0.2) is 5.76 Å². The molecule has 4 aromatic rings. The highest BCUT2D eigenvalue weighted by atomic mass is 79.9. The number of carbonyl (C=O) groups excluding carboxylic acids is 2. The molecule has 3 aromatic carbocycles. The highest BCUT2D eigenvalue weighted by Crippen LogP contribution is 2.33. The number of hydrogen-bond acceptors (Lipinski definition) is 4. The van der Waals surface area contributed by atoms with Crippen LogP contribution in [-0.2, 0) is 0 Å². The number of fused-ring (bicyclic) bond motifs is 1. The molecule has 0 spiro atoms. The fourth-order valence-electron chi connectivity index (χ4n) is 3.29. The smallest absolute Gasteiger partial charge is 0.291 e. The predicted molar refractivity (Wildman–Crippen MR) is 132 cm³/mol. The molecular weight excluding hydrogens is 540 g/mol. The number of ether oxygens (including phenoxy) is 1. The van der Waals surface area contributed by atoms with Crippen molar-refractivity contribution in [1.29, 1.82) is 0 Å². The summed E-state index contributed by atoms with van der Waals surface area (Å²) in [5, 5.41) is 6.58. The molecular formula is C24H18Br2N2O4. The van der Waals surface area contributed by atoms with Crippen LogP contribution in [0.2, 0.25) is 0 Å². The number of benzene rings is 3. The molecule has 8 heteroatoms. The number of halogens is 2. The van der Waals surface area contributed by atoms with Crippen molar-refractivity contribution in [3.63, 3.8) is 0 Å². The molecule has 32 heavy (non-hydrogen) atoms. The first kappa shape index (κ1) is 22.1. The highest BCUT2D eigenvalue weighted by Gasteiger charge is 2.18. The predicted octanol–water partition coefficient (Wildman–Crippen LogP) is 6.78. The number of amides is 2. The summed E-state index contributed by atoms with van der Waals surface area (Å²) in [6, 6.07) is 17.9. The fourth-order valence-corrected chi connectivity index (χ4v) is 4.68. The highest BCUT2D eigenvalue weighted by molar-refractivity contribution is 9.11. The Kier molecular flexibility index (Phi) is 6.34. The quantitative estimate of drug-likeness (QED) is 0.283. The van der Waals surface area contributed by atoms with Crippen molar-refractivity contribution >= 4 is 66.0 Å². The van der Waals surface area contributed by atoms with Crippen LogP contribution >= 0.6 is 31.9 Å². The Hall–Kier alpha value is -3.10. The van der Waals surface area contributed by atoms with E-state index in [9.17, 15) is 9.59 Å². The minimum absolute atomic E-state index is 0.232. The van der Waals surface area contributed by atoms with Crippen molar-refractivity contribution in [2.24, 2.45) is 0 Å². The lowest BCUT2D eigenvalue weighted by molar-refractivity contribution is 0.0996. The maximum atomic E-state index is 12.8. The Bertz CT molecular complexity index is 1310. The number of hydrogen-bond donors (Lipinski definition) is 2. The van der Waals surface area contributed by atoms with E-state index in [4.69, 9.17) is 9.15 Å². The van der Waals surface area contributed by atoms with Crippen LogP contribution in [0.3, 0.4) is 0 Å². The number of nitrogens with one attached hydrogen (secondary N) is 2. The lowest BCUT2D eigenvalue weighted by Gasteiger charge is -2.13. The normalized spacial score (nSPS) is 10.8. The van der Waals surface area contributed by atoms with Gasteiger partial charge in [-0.25, -0.2) is 0 Å². The molecule has 162 valence electrons. The second kappa shape index (κ2) is 9.18. The van der Waals surface area contributed by atoms with E-state index in [1.165, 1.54) is 7.11 Å². The van der Waals surface area contributed by atoms with E-state index >= 15 is 0 Å². The van der Waals surface area contributed by atoms with Gasteiger partial charge in [-0.1, -0.05) is 34.1 Å². The maximum absolute atomic E-state index is 12.8. The number of methoxy groups -OCH3 is 1. The average molecular weight is 558 g/mol. The Morgan fingerprint density at radius 3 is 2.44 bits per heavy atom. The van der Waals surface area contributed by atoms with Gasteiger partial charge < -0.3 is 19.8 Å². The monoisotopic (exact) mass is 556 g/mol. The molecule has 1 heterocycles. The van der Waals surface area contributed by atoms with E-state index < -0.39 is 0 Å². The molecule has 0 saturated carbocycles. The molecule has 4 rings (SSSR count). The first-order valence-corrected chi connectivity index (χ1v) is 11.2. The Labute approximate surface area is 201 Å². The van der Waals surface area contributed by atoms with E-state index in [1.54, 1.807) is 36.4 Å². The van der Waals surface area contributed by atoms with Crippen LogP contribution in [0, 0.1) is 6.92 Å². The van der Waals surface area contributed by atoms with Crippen molar-refractivity contribution < 1.29 is 18.7 Å². The van der Waals surface area contributed by atoms with Gasteiger partial charge in [0.25, 0.3) is 11.8 Å². The molecule has 0 saturated heterocycles. The fraction of sp³-hybridized carbons (Fsp3) is 0.0833. The third-order valence-electron chi connectivity index (χ3n) is 4.84. The van der Waals surface area contributed by atoms with Crippen LogP contribution in [0.15, 0.2) is 74.0 Å². The summed E-state index contributed by atoms with van der Waals surface area (Å²) in [5.41, 5.74) is 3.04. The van der Waals surface area contributed by atoms with Crippen molar-refractivity contribution in [2.75, 3.05) is 17.7 Å². The molecule has 0 aliphatic carbocycles. The van der Waals surface area contributed by atoms with Gasteiger partial charge in [0.2, 0.25) is 0 Å². The van der Waals surface area contributed by atoms with Crippen molar-refractivity contribution in [2.45, 2.75) is 6.92 Å². The van der Waals surface area contributed by atoms with Gasteiger partial charge in [0.05, 0.1) is 17.1 Å². The summed E-state index contributed by atoms with van der Waals surface area (Å²) in [6.07, 6.45) is 0. The van der Waals surface area contributed by atoms with Crippen LogP contribution < -0.4 is 15.4 Å². The van der Waals surface area contributed by atoms with Crippen LogP contribution in [0.4, 0.5) is 11.4 Å². The largest absolute Gasteiger partial charge is 0.495 e. The van der Waals surface area contributed by atoms with E-state index in [0.717, 1.165) is 15.4 Å². The Morgan fingerprint density at radius 1 is 0.938 bits per heavy atom. The summed E-state index contributed by atoms with van der Waals surface area (Å²) in [7, 11) is 1.51. The molecule has 2 amide bonds. The molecule has 0 fully saturated rings. The number of rotatable bonds is 5. The lowest BCUT2D eigenvalue weighted by Crippen LogP contribution is -2.15. The van der Waals surface area contributed by atoms with Crippen LogP contribution in [0.5, 0.6) is 5.75 Å². The molecule has 0 bridgehead atoms. The van der Waals surface area contributed by atoms with E-state index in [1.807, 2.05) is 31.2 Å². The van der Waals surface area contributed by atoms with E-state index in [0.29, 0.717) is 32.7 Å². The molecule has 0 aliphatic heterocycles. The number of furan rings is 1. The van der Waals surface area contributed by atoms with Gasteiger partial charge in [0, 0.05) is 21.2 Å². The molecule has 0 atom stereocenters. The summed E-state index contributed by atoms with van der Waals surface area (Å²) < 4.78 is 12.4. The van der Waals surface area contributed by atoms with Crippen molar-refractivity contribution in [3.05, 3.63) is 86.5 Å². The molecule has 0 aliphatic rings. The third-order valence-corrected chi connectivity index (χ3v) is 5.89. The minimum atomic E-state index is -0.343. The zero-order valence-corrected chi connectivity index (χ0v) is 20.3. The van der Waals surface area contributed by atoms with E-state index in [2.05, 4.69) is 42.5 Å². The number of anilines is 2. The third kappa shape index (κ3) is 4.56. The van der Waals surface area contributed by atoms with Crippen LogP contribution in [0.1, 0.15) is 26.5 Å². The molecule has 1 aromatic heterocycles. The zero-order chi connectivity index (χ0) is 22.8. The van der Waals surface area contributed by atoms with Gasteiger partial charge in [-0.2, -0.15) is 0 Å². The molecule has 0 radical (unpaired) electrons. The molecule has 0 unspecified atom stereocenters. The van der Waals surface area contributed by atoms with Gasteiger partial charge in [0.1, 0.15) is 11.3 Å². The zero-order valence-electron chi connectivity index (χ0n) is 17.2. The van der Waals surface area contributed by atoms with Crippen LogP contribution in [0.25, 0.3) is 11.0 Å². The van der Waals surface area contributed by atoms with Crippen LogP contribution in [-0.4, -0.2) is 18.9 Å². The Morgan fingerprint density at radius 2 is 1.72 bits per heavy atom. The summed E-state index contributed by atoms with van der Waals surface area (Å²) in [6.45, 7) is 1.85. The van der Waals surface area contributed by atoms with Crippen molar-refractivity contribution in [1.82, 2.24) is 0 Å². The second-order valence-electron chi connectivity index (χ2n) is 7.05. The second-order valence-corrected chi connectivity index (χ2v) is 8.82.